The lowest BCUT2D eigenvalue weighted by atomic mass is 10.1. The Bertz CT molecular complexity index is 428. The summed E-state index contributed by atoms with van der Waals surface area (Å²) in [4.78, 5) is 2.44. The highest BCUT2D eigenvalue weighted by molar-refractivity contribution is 5.24. The molecule has 21 heavy (non-hydrogen) atoms. The van der Waals surface area contributed by atoms with E-state index in [1.165, 1.54) is 6.42 Å². The molecule has 1 aliphatic rings. The molecule has 0 saturated carbocycles. The molecular formula is C16H23F3N2. The van der Waals surface area contributed by atoms with Gasteiger partial charge in [0.25, 0.3) is 0 Å². The van der Waals surface area contributed by atoms with Gasteiger partial charge in [0.05, 0.1) is 5.56 Å². The van der Waals surface area contributed by atoms with Crippen molar-refractivity contribution in [2.24, 2.45) is 0 Å². The first-order valence-corrected chi connectivity index (χ1v) is 7.61. The molecule has 0 aliphatic carbocycles. The van der Waals surface area contributed by atoms with Gasteiger partial charge in [0.2, 0.25) is 0 Å². The molecule has 1 aliphatic heterocycles. The van der Waals surface area contributed by atoms with Gasteiger partial charge in [0.15, 0.2) is 0 Å². The normalized spacial score (nSPS) is 21.2. The highest BCUT2D eigenvalue weighted by Crippen LogP contribution is 2.29. The third kappa shape index (κ3) is 5.00. The van der Waals surface area contributed by atoms with Gasteiger partial charge in [-0.05, 0) is 56.6 Å². The van der Waals surface area contributed by atoms with Gasteiger partial charge in [-0.25, -0.2) is 0 Å². The molecule has 1 N–H and O–H groups in total. The van der Waals surface area contributed by atoms with E-state index < -0.39 is 11.7 Å². The topological polar surface area (TPSA) is 15.3 Å². The van der Waals surface area contributed by atoms with Crippen molar-refractivity contribution in [3.63, 3.8) is 0 Å². The maximum atomic E-state index is 12.5. The Kier molecular flexibility index (Phi) is 5.65. The van der Waals surface area contributed by atoms with Gasteiger partial charge >= 0.3 is 6.18 Å². The highest BCUT2D eigenvalue weighted by Gasteiger charge is 2.29. The van der Waals surface area contributed by atoms with Gasteiger partial charge in [-0.1, -0.05) is 19.1 Å². The van der Waals surface area contributed by atoms with Crippen LogP contribution in [-0.4, -0.2) is 30.6 Å². The minimum Gasteiger partial charge on any atom is -0.310 e. The van der Waals surface area contributed by atoms with Crippen molar-refractivity contribution in [1.82, 2.24) is 10.2 Å². The van der Waals surface area contributed by atoms with E-state index in [4.69, 9.17) is 0 Å². The highest BCUT2D eigenvalue weighted by atomic mass is 19.4. The summed E-state index contributed by atoms with van der Waals surface area (Å²) in [5.41, 5.74) is 0.318. The zero-order chi connectivity index (χ0) is 15.3. The monoisotopic (exact) mass is 300 g/mol. The predicted octanol–water partition coefficient (Wildman–Crippen LogP) is 3.67. The molecule has 1 saturated heterocycles. The fraction of sp³-hybridized carbons (Fsp3) is 0.625. The van der Waals surface area contributed by atoms with Crippen LogP contribution in [0.5, 0.6) is 0 Å². The molecule has 2 nitrogen and oxygen atoms in total. The standard InChI is InChI=1S/C16H23F3N2/c1-2-21-10-3-4-15(9-11-21)20-12-13-5-7-14(8-6-13)16(17,18)19/h5-8,15,20H,2-4,9-12H2,1H3. The maximum absolute atomic E-state index is 12.5. The SMILES string of the molecule is CCN1CCCC(NCc2ccc(C(F)(F)F)cc2)CC1. The first-order valence-electron chi connectivity index (χ1n) is 7.61. The van der Waals surface area contributed by atoms with E-state index in [0.29, 0.717) is 12.6 Å². The number of alkyl halides is 3. The summed E-state index contributed by atoms with van der Waals surface area (Å²) in [5, 5.41) is 3.47. The van der Waals surface area contributed by atoms with E-state index >= 15 is 0 Å². The van der Waals surface area contributed by atoms with Crippen LogP contribution in [-0.2, 0) is 12.7 Å². The Labute approximate surface area is 124 Å². The third-order valence-electron chi connectivity index (χ3n) is 4.14. The molecular weight excluding hydrogens is 277 g/mol. The number of benzene rings is 1. The molecule has 2 rings (SSSR count). The molecule has 0 aromatic heterocycles. The van der Waals surface area contributed by atoms with Crippen LogP contribution in [0, 0.1) is 0 Å². The fourth-order valence-corrected chi connectivity index (χ4v) is 2.75. The van der Waals surface area contributed by atoms with E-state index in [0.717, 1.165) is 50.2 Å². The quantitative estimate of drug-likeness (QED) is 0.912. The number of rotatable bonds is 4. The first kappa shape index (κ1) is 16.3. The van der Waals surface area contributed by atoms with Crippen LogP contribution in [0.15, 0.2) is 24.3 Å². The largest absolute Gasteiger partial charge is 0.416 e. The average Bonchev–Trinajstić information content (AvgIpc) is 2.69. The molecule has 1 aromatic rings. The summed E-state index contributed by atoms with van der Waals surface area (Å²) in [6, 6.07) is 5.89. The molecule has 5 heteroatoms. The van der Waals surface area contributed by atoms with Gasteiger partial charge in [-0.15, -0.1) is 0 Å². The molecule has 1 atom stereocenters. The minimum atomic E-state index is -4.25. The summed E-state index contributed by atoms with van der Waals surface area (Å²) in [7, 11) is 0. The van der Waals surface area contributed by atoms with Crippen molar-refractivity contribution in [2.45, 2.75) is 44.9 Å². The molecule has 0 amide bonds. The molecule has 0 spiro atoms. The summed E-state index contributed by atoms with van der Waals surface area (Å²) in [6.45, 7) is 6.15. The Morgan fingerprint density at radius 3 is 2.48 bits per heavy atom. The first-order chi connectivity index (χ1) is 9.99. The number of nitrogens with zero attached hydrogens (tertiary/aromatic N) is 1. The summed E-state index contributed by atoms with van der Waals surface area (Å²) >= 11 is 0. The van der Waals surface area contributed by atoms with E-state index in [9.17, 15) is 13.2 Å². The van der Waals surface area contributed by atoms with Gasteiger partial charge in [0, 0.05) is 12.6 Å². The Balaban J connectivity index is 1.83. The molecule has 1 heterocycles. The van der Waals surface area contributed by atoms with Crippen LogP contribution in [0.25, 0.3) is 0 Å². The van der Waals surface area contributed by atoms with Crippen molar-refractivity contribution >= 4 is 0 Å². The second kappa shape index (κ2) is 7.27. The summed E-state index contributed by atoms with van der Waals surface area (Å²) in [6.07, 6.45) is -0.832. The Morgan fingerprint density at radius 2 is 1.86 bits per heavy atom. The summed E-state index contributed by atoms with van der Waals surface area (Å²) < 4.78 is 37.5. The molecule has 1 unspecified atom stereocenters. The lowest BCUT2D eigenvalue weighted by Crippen LogP contribution is -2.30. The number of hydrogen-bond acceptors (Lipinski definition) is 2. The lowest BCUT2D eigenvalue weighted by Gasteiger charge is -2.18. The van der Waals surface area contributed by atoms with Crippen molar-refractivity contribution in [3.8, 4) is 0 Å². The van der Waals surface area contributed by atoms with Crippen molar-refractivity contribution in [2.75, 3.05) is 19.6 Å². The van der Waals surface area contributed by atoms with Crippen LogP contribution >= 0.6 is 0 Å². The number of hydrogen-bond donors (Lipinski definition) is 1. The molecule has 0 bridgehead atoms. The smallest absolute Gasteiger partial charge is 0.310 e. The number of likely N-dealkylation sites (tertiary alicyclic amines) is 1. The van der Waals surface area contributed by atoms with E-state index in [2.05, 4.69) is 17.1 Å². The van der Waals surface area contributed by atoms with E-state index in [1.54, 1.807) is 12.1 Å². The van der Waals surface area contributed by atoms with Gasteiger partial charge < -0.3 is 10.2 Å². The second-order valence-electron chi connectivity index (χ2n) is 5.64. The van der Waals surface area contributed by atoms with Crippen molar-refractivity contribution in [3.05, 3.63) is 35.4 Å². The fourth-order valence-electron chi connectivity index (χ4n) is 2.75. The molecule has 1 aromatic carbocycles. The second-order valence-corrected chi connectivity index (χ2v) is 5.64. The number of halogens is 3. The van der Waals surface area contributed by atoms with E-state index in [-0.39, 0.29) is 0 Å². The zero-order valence-electron chi connectivity index (χ0n) is 12.4. The van der Waals surface area contributed by atoms with Crippen LogP contribution in [0.3, 0.4) is 0 Å². The zero-order valence-corrected chi connectivity index (χ0v) is 12.4. The van der Waals surface area contributed by atoms with Crippen molar-refractivity contribution < 1.29 is 13.2 Å². The molecule has 118 valence electrons. The van der Waals surface area contributed by atoms with Crippen molar-refractivity contribution in [1.29, 1.82) is 0 Å². The van der Waals surface area contributed by atoms with Gasteiger partial charge in [-0.2, -0.15) is 13.2 Å². The average molecular weight is 300 g/mol. The predicted molar refractivity (Wildman–Crippen MR) is 78.0 cm³/mol. The maximum Gasteiger partial charge on any atom is 0.416 e. The molecule has 0 radical (unpaired) electrons. The number of nitrogens with one attached hydrogen (secondary N) is 1. The van der Waals surface area contributed by atoms with Crippen LogP contribution < -0.4 is 5.32 Å². The van der Waals surface area contributed by atoms with Crippen LogP contribution in [0.2, 0.25) is 0 Å². The van der Waals surface area contributed by atoms with Gasteiger partial charge in [0.1, 0.15) is 0 Å². The van der Waals surface area contributed by atoms with Crippen LogP contribution in [0.4, 0.5) is 13.2 Å². The van der Waals surface area contributed by atoms with Crippen LogP contribution in [0.1, 0.15) is 37.3 Å². The summed E-state index contributed by atoms with van der Waals surface area (Å²) in [5.74, 6) is 0. The van der Waals surface area contributed by atoms with E-state index in [1.807, 2.05) is 0 Å². The Morgan fingerprint density at radius 1 is 1.14 bits per heavy atom. The molecule has 1 fully saturated rings. The lowest BCUT2D eigenvalue weighted by molar-refractivity contribution is -0.137. The Hall–Kier alpha value is -1.07. The minimum absolute atomic E-state index is 0.462. The third-order valence-corrected chi connectivity index (χ3v) is 4.14. The van der Waals surface area contributed by atoms with Gasteiger partial charge in [-0.3, -0.25) is 0 Å².